The molecule has 74 heavy (non-hydrogen) atoms. The molecule has 4 aromatic carbocycles. The molecular formula is C55H68N8O11. The predicted octanol–water partition coefficient (Wildman–Crippen LogP) is 6.13. The third kappa shape index (κ3) is 14.0. The Balaban J connectivity index is 1.01. The fourth-order valence-corrected chi connectivity index (χ4v) is 8.68. The summed E-state index contributed by atoms with van der Waals surface area (Å²) in [6, 6.07) is 23.9. The van der Waals surface area contributed by atoms with Gasteiger partial charge in [0, 0.05) is 67.7 Å². The van der Waals surface area contributed by atoms with Gasteiger partial charge in [-0.1, -0.05) is 69.0 Å². The first-order valence-corrected chi connectivity index (χ1v) is 24.8. The van der Waals surface area contributed by atoms with Crippen molar-refractivity contribution in [1.29, 1.82) is 0 Å². The van der Waals surface area contributed by atoms with Gasteiger partial charge >= 0.3 is 6.09 Å². The number of aliphatic imine (C=N–C) groups is 1. The van der Waals surface area contributed by atoms with E-state index in [9.17, 15) is 19.2 Å². The highest BCUT2D eigenvalue weighted by Crippen LogP contribution is 2.42. The number of hydrogen-bond acceptors (Lipinski definition) is 15. The monoisotopic (exact) mass is 1020 g/mol. The standard InChI is InChI=1S/C55H68N8O11/c1-34(2)51(56)53(65)60-36(4)52(64)61-41-18-16-38(17-19-41)33-72-55(67)59-32-42-27-39-12-8-10-14-46(39)62(42)37(5)73-50(26-35(3)57-20-21-70-24-25-71-23-22-68-6)74-49-30-45-44(29-48(49)69-7)54(66)63-43(31-58-45)28-40-13-9-11-15-47(40)63/h8-19,26,29-31,34,36-37,42-43,51,57H,3,20-25,27-28,32-33,56H2,1-2,4-7H3,(H,59,67)(H,60,65)(H,61,64)/b50-26+/t36?,37?,42-,43-,51?/m0/s1. The predicted molar refractivity (Wildman–Crippen MR) is 282 cm³/mol. The second kappa shape index (κ2) is 26.0. The van der Waals surface area contributed by atoms with E-state index in [2.05, 4.69) is 32.7 Å². The van der Waals surface area contributed by atoms with Crippen LogP contribution in [-0.4, -0.2) is 121 Å². The SMILES string of the molecule is C=C(/C=C(/Oc1cc2c(cc1OC)C(=O)N1c3ccccc3C[C@H]1C=N2)OC(C)N1c2ccccc2C[C@H]1CNC(=O)OCc1ccc(NC(=O)C(C)NC(=O)C(N)C(C)C)cc1)NCCOCCOCCOC. The Morgan fingerprint density at radius 2 is 1.53 bits per heavy atom. The minimum Gasteiger partial charge on any atom is -0.493 e. The van der Waals surface area contributed by atoms with E-state index in [0.717, 1.165) is 22.5 Å². The lowest BCUT2D eigenvalue weighted by Gasteiger charge is -2.34. The molecule has 4 aromatic rings. The van der Waals surface area contributed by atoms with Crippen LogP contribution in [0.4, 0.5) is 27.5 Å². The van der Waals surface area contributed by atoms with E-state index in [-0.39, 0.29) is 54.5 Å². The molecule has 0 radical (unpaired) electrons. The van der Waals surface area contributed by atoms with Crippen LogP contribution in [0.15, 0.2) is 114 Å². The van der Waals surface area contributed by atoms with Crippen LogP contribution < -0.4 is 46.3 Å². The molecule has 0 bridgehead atoms. The van der Waals surface area contributed by atoms with Gasteiger partial charge in [-0.2, -0.15) is 0 Å². The first-order valence-electron chi connectivity index (χ1n) is 24.8. The number of nitrogens with one attached hydrogen (secondary N) is 4. The topological polar surface area (TPSA) is 226 Å². The van der Waals surface area contributed by atoms with Crippen molar-refractivity contribution >= 4 is 52.8 Å². The van der Waals surface area contributed by atoms with Gasteiger partial charge in [0.05, 0.1) is 69.5 Å². The smallest absolute Gasteiger partial charge is 0.407 e. The summed E-state index contributed by atoms with van der Waals surface area (Å²) < 4.78 is 41.0. The zero-order valence-corrected chi connectivity index (χ0v) is 42.9. The number of allylic oxidation sites excluding steroid dienone is 1. The number of carbonyl (C=O) groups is 4. The number of amides is 4. The van der Waals surface area contributed by atoms with Crippen LogP contribution in [0.5, 0.6) is 11.5 Å². The maximum Gasteiger partial charge on any atom is 0.407 e. The van der Waals surface area contributed by atoms with E-state index in [0.29, 0.717) is 80.6 Å². The summed E-state index contributed by atoms with van der Waals surface area (Å²) in [6.07, 6.45) is 3.39. The molecule has 4 amide bonds. The number of ether oxygens (including phenoxy) is 7. The minimum atomic E-state index is -0.803. The van der Waals surface area contributed by atoms with E-state index in [1.54, 1.807) is 67.6 Å². The van der Waals surface area contributed by atoms with Crippen molar-refractivity contribution in [2.24, 2.45) is 16.6 Å². The van der Waals surface area contributed by atoms with Crippen LogP contribution in [0.3, 0.4) is 0 Å². The molecule has 6 N–H and O–H groups in total. The number of methoxy groups -OCH3 is 2. The first kappa shape index (κ1) is 54.3. The van der Waals surface area contributed by atoms with Crippen molar-refractivity contribution in [3.05, 3.63) is 131 Å². The van der Waals surface area contributed by atoms with Crippen LogP contribution in [0, 0.1) is 5.92 Å². The summed E-state index contributed by atoms with van der Waals surface area (Å²) in [7, 11) is 3.12. The molecule has 3 unspecified atom stereocenters. The summed E-state index contributed by atoms with van der Waals surface area (Å²) in [5.74, 6) is -0.470. The van der Waals surface area contributed by atoms with E-state index < -0.39 is 36.2 Å². The van der Waals surface area contributed by atoms with E-state index >= 15 is 0 Å². The Morgan fingerprint density at radius 3 is 2.24 bits per heavy atom. The van der Waals surface area contributed by atoms with Crippen molar-refractivity contribution in [1.82, 2.24) is 16.0 Å². The summed E-state index contributed by atoms with van der Waals surface area (Å²) in [5, 5.41) is 11.6. The summed E-state index contributed by atoms with van der Waals surface area (Å²) in [4.78, 5) is 61.1. The Kier molecular flexibility index (Phi) is 19.1. The van der Waals surface area contributed by atoms with Gasteiger partial charge in [0.2, 0.25) is 11.8 Å². The van der Waals surface area contributed by atoms with Gasteiger partial charge in [0.1, 0.15) is 12.6 Å². The van der Waals surface area contributed by atoms with Crippen LogP contribution >= 0.6 is 0 Å². The van der Waals surface area contributed by atoms with Gasteiger partial charge in [0.25, 0.3) is 11.9 Å². The second-order valence-electron chi connectivity index (χ2n) is 18.4. The Labute approximate surface area is 432 Å². The average Bonchev–Trinajstić information content (AvgIpc) is 3.93. The molecule has 394 valence electrons. The Bertz CT molecular complexity index is 2680. The van der Waals surface area contributed by atoms with Gasteiger partial charge in [0.15, 0.2) is 17.7 Å². The Hall–Kier alpha value is -7.45. The molecule has 0 saturated heterocycles. The maximum atomic E-state index is 14.2. The molecule has 19 nitrogen and oxygen atoms in total. The lowest BCUT2D eigenvalue weighted by atomic mass is 10.0. The molecule has 3 aliphatic heterocycles. The lowest BCUT2D eigenvalue weighted by Crippen LogP contribution is -2.50. The highest BCUT2D eigenvalue weighted by Gasteiger charge is 2.38. The van der Waals surface area contributed by atoms with E-state index in [4.69, 9.17) is 43.9 Å². The Morgan fingerprint density at radius 1 is 0.838 bits per heavy atom. The van der Waals surface area contributed by atoms with Crippen LogP contribution in [0.2, 0.25) is 0 Å². The van der Waals surface area contributed by atoms with Crippen molar-refractivity contribution in [3.8, 4) is 11.5 Å². The maximum absolute atomic E-state index is 14.2. The number of nitrogens with zero attached hydrogens (tertiary/aromatic N) is 3. The zero-order chi connectivity index (χ0) is 52.7. The quantitative estimate of drug-likeness (QED) is 0.0271. The number of benzene rings is 4. The molecule has 7 rings (SSSR count). The normalized spacial score (nSPS) is 16.7. The number of rotatable bonds is 26. The van der Waals surface area contributed by atoms with E-state index in [1.807, 2.05) is 69.3 Å². The zero-order valence-electron chi connectivity index (χ0n) is 42.9. The van der Waals surface area contributed by atoms with Crippen molar-refractivity contribution in [2.75, 3.05) is 75.5 Å². The number of nitrogens with two attached hydrogens (primary N) is 1. The number of carbonyl (C=O) groups excluding carboxylic acids is 4. The van der Waals surface area contributed by atoms with Crippen molar-refractivity contribution in [2.45, 2.75) is 77.5 Å². The molecule has 0 fully saturated rings. The molecule has 0 spiro atoms. The number of anilines is 3. The number of fused-ring (bicyclic) bond motifs is 5. The van der Waals surface area contributed by atoms with Gasteiger partial charge < -0.3 is 65.1 Å². The van der Waals surface area contributed by atoms with E-state index in [1.165, 1.54) is 7.11 Å². The molecule has 5 atom stereocenters. The number of hydrogen-bond donors (Lipinski definition) is 5. The molecule has 3 aliphatic rings. The molecular weight excluding hydrogens is 949 g/mol. The lowest BCUT2D eigenvalue weighted by molar-refractivity contribution is -0.127. The van der Waals surface area contributed by atoms with Crippen LogP contribution in [0.1, 0.15) is 54.7 Å². The average molecular weight is 1020 g/mol. The number of para-hydroxylation sites is 2. The molecule has 3 heterocycles. The van der Waals surface area contributed by atoms with Crippen molar-refractivity contribution in [3.63, 3.8) is 0 Å². The fraction of sp³-hybridized carbons (Fsp3) is 0.400. The van der Waals surface area contributed by atoms with Crippen LogP contribution in [-0.2, 0) is 52.7 Å². The van der Waals surface area contributed by atoms with Gasteiger partial charge in [-0.05, 0) is 73.2 Å². The highest BCUT2D eigenvalue weighted by molar-refractivity contribution is 6.14. The molecule has 19 heteroatoms. The third-order valence-electron chi connectivity index (χ3n) is 12.7. The van der Waals surface area contributed by atoms with Crippen molar-refractivity contribution < 1.29 is 52.3 Å². The summed E-state index contributed by atoms with van der Waals surface area (Å²) >= 11 is 0. The first-order chi connectivity index (χ1) is 35.7. The molecule has 0 saturated carbocycles. The van der Waals surface area contributed by atoms with Gasteiger partial charge in [-0.25, -0.2) is 4.79 Å². The molecule has 0 aromatic heterocycles. The van der Waals surface area contributed by atoms with Gasteiger partial charge in [-0.15, -0.1) is 0 Å². The largest absolute Gasteiger partial charge is 0.493 e. The third-order valence-corrected chi connectivity index (χ3v) is 12.7. The fourth-order valence-electron chi connectivity index (χ4n) is 8.68. The minimum absolute atomic E-state index is 0.0228. The van der Waals surface area contributed by atoms with Crippen LogP contribution in [0.25, 0.3) is 0 Å². The van der Waals surface area contributed by atoms with Gasteiger partial charge in [-0.3, -0.25) is 24.3 Å². The highest BCUT2D eigenvalue weighted by atomic mass is 16.7. The number of alkyl carbamates (subject to hydrolysis) is 1. The summed E-state index contributed by atoms with van der Waals surface area (Å²) in [5.41, 5.74) is 12.3. The second-order valence-corrected chi connectivity index (χ2v) is 18.4. The summed E-state index contributed by atoms with van der Waals surface area (Å²) in [6.45, 7) is 14.2. The molecule has 0 aliphatic carbocycles.